The molecule has 0 aromatic heterocycles. The SMILES string of the molecule is COC(=O)C1(C(=O)OC)C(c2ccc(Cl)cc2)CS(=O)(=O)CC1c1cccc([C@H]2CS(=O)(=O)C[C@@H](c3ccc(Cl)cc3)C2(C(=O)OC)C(=O)OC)c1. The van der Waals surface area contributed by atoms with Crippen molar-refractivity contribution in [1.29, 1.82) is 0 Å². The fourth-order valence-corrected chi connectivity index (χ4v) is 12.3. The predicted molar refractivity (Wildman–Crippen MR) is 191 cm³/mol. The molecule has 0 amide bonds. The van der Waals surface area contributed by atoms with Crippen LogP contribution >= 0.6 is 23.2 Å². The summed E-state index contributed by atoms with van der Waals surface area (Å²) >= 11 is 12.2. The van der Waals surface area contributed by atoms with Crippen molar-refractivity contribution in [3.8, 4) is 0 Å². The number of esters is 4. The number of ether oxygens (including phenoxy) is 4. The van der Waals surface area contributed by atoms with Gasteiger partial charge in [0.2, 0.25) is 0 Å². The molecule has 2 fully saturated rings. The second-order valence-electron chi connectivity index (χ2n) is 12.8. The fourth-order valence-electron chi connectivity index (χ4n) is 7.96. The van der Waals surface area contributed by atoms with Crippen LogP contribution in [0.2, 0.25) is 10.0 Å². The summed E-state index contributed by atoms with van der Waals surface area (Å²) in [4.78, 5) is 56.1. The highest BCUT2D eigenvalue weighted by Crippen LogP contribution is 2.56. The van der Waals surface area contributed by atoms with Gasteiger partial charge in [-0.2, -0.15) is 0 Å². The van der Waals surface area contributed by atoms with E-state index in [4.69, 9.17) is 42.1 Å². The molecule has 2 aliphatic heterocycles. The van der Waals surface area contributed by atoms with E-state index in [0.29, 0.717) is 21.2 Å². The van der Waals surface area contributed by atoms with Crippen molar-refractivity contribution in [1.82, 2.24) is 0 Å². The Morgan fingerprint density at radius 2 is 0.769 bits per heavy atom. The van der Waals surface area contributed by atoms with Crippen LogP contribution in [0.15, 0.2) is 72.8 Å². The number of carbonyl (C=O) groups excluding carboxylic acids is 4. The molecule has 3 aromatic rings. The second-order valence-corrected chi connectivity index (χ2v) is 18.0. The first kappa shape index (κ1) is 39.2. The smallest absolute Gasteiger partial charge is 0.324 e. The third-order valence-electron chi connectivity index (χ3n) is 10.2. The molecule has 2 unspecified atom stereocenters. The molecule has 52 heavy (non-hydrogen) atoms. The molecule has 16 heteroatoms. The first-order chi connectivity index (χ1) is 24.5. The van der Waals surface area contributed by atoms with Crippen molar-refractivity contribution < 1.29 is 55.0 Å². The highest BCUT2D eigenvalue weighted by atomic mass is 35.5. The number of hydrogen-bond acceptors (Lipinski definition) is 12. The molecule has 0 aliphatic carbocycles. The van der Waals surface area contributed by atoms with Gasteiger partial charge in [0.15, 0.2) is 30.5 Å². The fraction of sp³-hybridized carbons (Fsp3) is 0.389. The van der Waals surface area contributed by atoms with Crippen LogP contribution < -0.4 is 0 Å². The first-order valence-corrected chi connectivity index (χ1v) is 20.3. The number of carbonyl (C=O) groups is 4. The monoisotopic (exact) mass is 794 g/mol. The quantitative estimate of drug-likeness (QED) is 0.181. The third-order valence-corrected chi connectivity index (χ3v) is 14.1. The van der Waals surface area contributed by atoms with E-state index in [1.165, 1.54) is 72.8 Å². The van der Waals surface area contributed by atoms with Crippen LogP contribution in [-0.4, -0.2) is 92.2 Å². The van der Waals surface area contributed by atoms with Crippen molar-refractivity contribution in [3.05, 3.63) is 105 Å². The van der Waals surface area contributed by atoms with Crippen molar-refractivity contribution >= 4 is 66.8 Å². The molecule has 0 bridgehead atoms. The van der Waals surface area contributed by atoms with E-state index in [2.05, 4.69) is 0 Å². The number of hydrogen-bond donors (Lipinski definition) is 0. The van der Waals surface area contributed by atoms with Crippen LogP contribution in [0.1, 0.15) is 45.9 Å². The van der Waals surface area contributed by atoms with Gasteiger partial charge in [-0.3, -0.25) is 19.2 Å². The van der Waals surface area contributed by atoms with Gasteiger partial charge in [-0.1, -0.05) is 71.7 Å². The maximum absolute atomic E-state index is 14.0. The van der Waals surface area contributed by atoms with Crippen LogP contribution in [0.4, 0.5) is 0 Å². The molecule has 2 aliphatic rings. The number of methoxy groups -OCH3 is 4. The molecule has 5 rings (SSSR count). The van der Waals surface area contributed by atoms with E-state index in [0.717, 1.165) is 28.4 Å². The summed E-state index contributed by atoms with van der Waals surface area (Å²) < 4.78 is 75.7. The van der Waals surface area contributed by atoms with Crippen LogP contribution in [0.25, 0.3) is 0 Å². The van der Waals surface area contributed by atoms with E-state index in [-0.39, 0.29) is 11.1 Å². The minimum atomic E-state index is -4.01. The average Bonchev–Trinajstić information content (AvgIpc) is 3.13. The standard InChI is InChI=1S/C36H36Cl2O12S2/c1-47-31(39)35(32(40)48-2)27(21-8-12-25(37)13-9-21)17-51(43,44)19-29(35)23-6-5-7-24(16-23)30-20-52(45,46)18-28(22-10-14-26(38)15-11-22)36(30,33(41)49-3)34(42)50-4/h5-16,27-30H,17-20H2,1-4H3/t27-,28?,29+,30?/m0/s1. The van der Waals surface area contributed by atoms with Gasteiger partial charge in [0.05, 0.1) is 51.5 Å². The number of rotatable bonds is 8. The maximum Gasteiger partial charge on any atom is 0.324 e. The molecular weight excluding hydrogens is 759 g/mol. The molecular formula is C36H36Cl2O12S2. The lowest BCUT2D eigenvalue weighted by molar-refractivity contribution is -0.174. The van der Waals surface area contributed by atoms with Crippen LogP contribution in [0.3, 0.4) is 0 Å². The Morgan fingerprint density at radius 3 is 1.04 bits per heavy atom. The predicted octanol–water partition coefficient (Wildman–Crippen LogP) is 4.25. The van der Waals surface area contributed by atoms with Gasteiger partial charge in [0, 0.05) is 33.7 Å². The Hall–Kier alpha value is -3.98. The van der Waals surface area contributed by atoms with Crippen LogP contribution in [0, 0.1) is 10.8 Å². The lowest BCUT2D eigenvalue weighted by Gasteiger charge is -2.46. The third kappa shape index (κ3) is 6.70. The molecule has 0 spiro atoms. The lowest BCUT2D eigenvalue weighted by atomic mass is 9.61. The topological polar surface area (TPSA) is 173 Å². The molecule has 2 heterocycles. The Morgan fingerprint density at radius 1 is 0.500 bits per heavy atom. The summed E-state index contributed by atoms with van der Waals surface area (Å²) in [5.41, 5.74) is -3.75. The molecule has 4 atom stereocenters. The Bertz CT molecular complexity index is 1920. The van der Waals surface area contributed by atoms with Crippen LogP contribution in [0.5, 0.6) is 0 Å². The van der Waals surface area contributed by atoms with Gasteiger partial charge in [-0.05, 0) is 46.5 Å². The van der Waals surface area contributed by atoms with E-state index in [1.54, 1.807) is 0 Å². The highest BCUT2D eigenvalue weighted by molar-refractivity contribution is 7.91. The molecule has 3 aromatic carbocycles. The molecule has 0 saturated carbocycles. The van der Waals surface area contributed by atoms with E-state index >= 15 is 0 Å². The van der Waals surface area contributed by atoms with E-state index in [9.17, 15) is 36.0 Å². The summed E-state index contributed by atoms with van der Waals surface area (Å²) in [6, 6.07) is 17.8. The molecule has 0 N–H and O–H groups in total. The largest absolute Gasteiger partial charge is 0.468 e. The number of halogens is 2. The summed E-state index contributed by atoms with van der Waals surface area (Å²) in [5.74, 6) is -12.4. The molecule has 0 radical (unpaired) electrons. The van der Waals surface area contributed by atoms with Gasteiger partial charge in [0.25, 0.3) is 0 Å². The molecule has 278 valence electrons. The zero-order valence-corrected chi connectivity index (χ0v) is 31.7. The van der Waals surface area contributed by atoms with E-state index < -0.39 is 101 Å². The zero-order valence-electron chi connectivity index (χ0n) is 28.5. The van der Waals surface area contributed by atoms with Gasteiger partial charge in [0.1, 0.15) is 0 Å². The normalized spacial score (nSPS) is 24.1. The average molecular weight is 796 g/mol. The minimum absolute atomic E-state index is 0.102. The van der Waals surface area contributed by atoms with Gasteiger partial charge < -0.3 is 18.9 Å². The van der Waals surface area contributed by atoms with Crippen molar-refractivity contribution in [2.75, 3.05) is 51.5 Å². The molecule has 12 nitrogen and oxygen atoms in total. The van der Waals surface area contributed by atoms with Crippen molar-refractivity contribution in [3.63, 3.8) is 0 Å². The summed E-state index contributed by atoms with van der Waals surface area (Å²) in [5, 5.41) is 0.653. The Kier molecular flexibility index (Phi) is 11.2. The van der Waals surface area contributed by atoms with Crippen LogP contribution in [-0.2, 0) is 57.8 Å². The lowest BCUT2D eigenvalue weighted by Crippen LogP contribution is -2.57. The van der Waals surface area contributed by atoms with Gasteiger partial charge in [-0.15, -0.1) is 0 Å². The zero-order chi connectivity index (χ0) is 38.2. The van der Waals surface area contributed by atoms with Crippen molar-refractivity contribution in [2.24, 2.45) is 10.8 Å². The summed E-state index contributed by atoms with van der Waals surface area (Å²) in [6.07, 6.45) is 0. The van der Waals surface area contributed by atoms with Gasteiger partial charge >= 0.3 is 23.9 Å². The Balaban J connectivity index is 1.81. The minimum Gasteiger partial charge on any atom is -0.468 e. The summed E-state index contributed by atoms with van der Waals surface area (Å²) in [7, 11) is -3.76. The second kappa shape index (κ2) is 14.8. The summed E-state index contributed by atoms with van der Waals surface area (Å²) in [6.45, 7) is 0. The van der Waals surface area contributed by atoms with Crippen molar-refractivity contribution in [2.45, 2.75) is 23.7 Å². The Labute approximate surface area is 311 Å². The molecule has 2 saturated heterocycles. The maximum atomic E-state index is 14.0. The first-order valence-electron chi connectivity index (χ1n) is 15.9. The number of benzene rings is 3. The van der Waals surface area contributed by atoms with E-state index in [1.807, 2.05) is 0 Å². The highest BCUT2D eigenvalue weighted by Gasteiger charge is 2.66. The van der Waals surface area contributed by atoms with Gasteiger partial charge in [-0.25, -0.2) is 16.8 Å². The number of sulfone groups is 2.